The summed E-state index contributed by atoms with van der Waals surface area (Å²) >= 11 is 0. The van der Waals surface area contributed by atoms with Crippen molar-refractivity contribution in [3.05, 3.63) is 0 Å². The quantitative estimate of drug-likeness (QED) is 0.105. The molecule has 0 aromatic rings. The third kappa shape index (κ3) is 119. The number of hydrogen-bond acceptors (Lipinski definition) is 19. The van der Waals surface area contributed by atoms with Gasteiger partial charge in [-0.05, 0) is 53.9 Å². The maximum atomic E-state index is 9.83. The number of rotatable bonds is 17. The van der Waals surface area contributed by atoms with E-state index >= 15 is 0 Å². The molecule has 0 fully saturated rings. The van der Waals surface area contributed by atoms with E-state index in [4.69, 9.17) is 5.11 Å². The van der Waals surface area contributed by atoms with E-state index in [1.165, 1.54) is 60.8 Å². The number of carbonyl (C=O) groups excluding carboxylic acids is 12. The van der Waals surface area contributed by atoms with Gasteiger partial charge in [-0.15, -0.1) is 0 Å². The predicted molar refractivity (Wildman–Crippen MR) is 162 cm³/mol. The Kier molecular flexibility index (Phi) is 58.8. The molecule has 0 radical (unpaired) electrons. The Balaban J connectivity index is -0.0000000723. The zero-order chi connectivity index (χ0) is 42.3. The largest absolute Gasteiger partial charge is 6.00 e. The van der Waals surface area contributed by atoms with Crippen molar-refractivity contribution >= 4 is 70.5 Å². The van der Waals surface area contributed by atoms with Gasteiger partial charge < -0.3 is 64.5 Å². The monoisotopic (exact) mass is 834 g/mol. The molecule has 296 valence electrons. The molecule has 0 spiro atoms. The van der Waals surface area contributed by atoms with Crippen LogP contribution in [-0.4, -0.2) is 82.2 Å². The standard InChI is InChI=1S/C8H18O.6C4H6O3.Mo/c1-3-5-6-8(4-2)7-9;6*1-3(5)2-4(6)7;/h8-9H,3-7H2,1-2H3;6*2H2,1H3,(H,6,7);/q;;;;;;;+6/p-6. The Bertz CT molecular complexity index is 835. The second kappa shape index (κ2) is 46.5. The SMILES string of the molecule is CC(=O)CC(=O)[O-].CC(=O)CC(=O)[O-].CC(=O)CC(=O)[O-].CC(=O)CC(=O)[O-].CC(=O)CC(=O)[O-].CC(=O)CC(=O)[O-].CCCCC(CC)CO.[Mo+6]. The molecule has 0 aliphatic rings. The third-order valence-corrected chi connectivity index (χ3v) is 4.16. The molecule has 0 bridgehead atoms. The fourth-order valence-electron chi connectivity index (χ4n) is 2.14. The van der Waals surface area contributed by atoms with Crippen molar-refractivity contribution in [1.82, 2.24) is 0 Å². The second-order valence-electron chi connectivity index (χ2n) is 10.1. The molecule has 0 amide bonds. The Morgan fingerprint density at radius 1 is 0.423 bits per heavy atom. The van der Waals surface area contributed by atoms with E-state index in [0.29, 0.717) is 12.5 Å². The van der Waals surface area contributed by atoms with Crippen molar-refractivity contribution in [3.8, 4) is 0 Å². The maximum absolute atomic E-state index is 9.83. The summed E-state index contributed by atoms with van der Waals surface area (Å²) in [5.41, 5.74) is 0. The van der Waals surface area contributed by atoms with Gasteiger partial charge in [-0.3, -0.25) is 28.8 Å². The second-order valence-corrected chi connectivity index (χ2v) is 10.1. The predicted octanol–water partition coefficient (Wildman–Crippen LogP) is -5.52. The van der Waals surface area contributed by atoms with Gasteiger partial charge in [0.15, 0.2) is 0 Å². The first kappa shape index (κ1) is 65.8. The number of aliphatic hydroxyl groups excluding tert-OH is 1. The fraction of sp³-hybridized carbons (Fsp3) is 0.625. The summed E-state index contributed by atoms with van der Waals surface area (Å²) < 4.78 is 0. The molecule has 0 aliphatic heterocycles. The molecule has 0 aliphatic carbocycles. The number of Topliss-reactive ketones (excluding diaryl/α,β-unsaturated/α-hetero) is 6. The van der Waals surface area contributed by atoms with Gasteiger partial charge in [-0.2, -0.15) is 0 Å². The van der Waals surface area contributed by atoms with Gasteiger partial charge in [0.1, 0.15) is 34.7 Å². The summed E-state index contributed by atoms with van der Waals surface area (Å²) in [6, 6.07) is 0. The molecule has 0 saturated carbocycles. The summed E-state index contributed by atoms with van der Waals surface area (Å²) in [7, 11) is 0. The molecule has 52 heavy (non-hydrogen) atoms. The Hall–Kier alpha value is -4.51. The van der Waals surface area contributed by atoms with Gasteiger partial charge in [0.2, 0.25) is 0 Å². The topological polar surface area (TPSA) is 363 Å². The van der Waals surface area contributed by atoms with Crippen molar-refractivity contribution in [3.63, 3.8) is 0 Å². The summed E-state index contributed by atoms with van der Waals surface area (Å²) in [6.45, 7) is 11.9. The zero-order valence-electron chi connectivity index (χ0n) is 30.6. The summed E-state index contributed by atoms with van der Waals surface area (Å²) in [4.78, 5) is 116. The van der Waals surface area contributed by atoms with Crippen LogP contribution in [0.4, 0.5) is 0 Å². The molecule has 0 saturated heterocycles. The van der Waals surface area contributed by atoms with Gasteiger partial charge in [-0.1, -0.05) is 33.1 Å². The van der Waals surface area contributed by atoms with E-state index in [0.717, 1.165) is 6.42 Å². The minimum atomic E-state index is -1.31. The smallest absolute Gasteiger partial charge is 0.550 e. The average Bonchev–Trinajstić information content (AvgIpc) is 2.86. The molecule has 1 N–H and O–H groups in total. The van der Waals surface area contributed by atoms with Crippen LogP contribution in [0.1, 0.15) is 120 Å². The van der Waals surface area contributed by atoms with Crippen molar-refractivity contribution in [2.24, 2.45) is 5.92 Å². The molecule has 20 heteroatoms. The number of aliphatic hydroxyl groups is 1. The number of carboxylic acid groups (broad SMARTS) is 6. The van der Waals surface area contributed by atoms with Crippen molar-refractivity contribution < 1.29 is 114 Å². The van der Waals surface area contributed by atoms with Gasteiger partial charge in [0.05, 0.1) is 0 Å². The van der Waals surface area contributed by atoms with Crippen LogP contribution in [0.5, 0.6) is 0 Å². The van der Waals surface area contributed by atoms with Crippen LogP contribution in [0.2, 0.25) is 0 Å². The van der Waals surface area contributed by atoms with Gasteiger partial charge in [0.25, 0.3) is 0 Å². The van der Waals surface area contributed by atoms with Gasteiger partial charge in [0, 0.05) is 80.9 Å². The first-order valence-electron chi connectivity index (χ1n) is 14.9. The number of ketones is 6. The van der Waals surface area contributed by atoms with Crippen LogP contribution < -0.4 is 30.6 Å². The summed E-state index contributed by atoms with van der Waals surface area (Å²) in [5.74, 6) is -9.56. The molecule has 0 heterocycles. The normalized spacial score (nSPS) is 8.94. The van der Waals surface area contributed by atoms with Gasteiger partial charge >= 0.3 is 21.1 Å². The maximum Gasteiger partial charge on any atom is 6.00 e. The number of aliphatic carboxylic acids is 6. The van der Waals surface area contributed by atoms with Crippen molar-refractivity contribution in [2.75, 3.05) is 6.61 Å². The molecular weight excluding hydrogens is 784 g/mol. The number of carboxylic acids is 6. The van der Waals surface area contributed by atoms with E-state index in [-0.39, 0.29) is 55.8 Å². The van der Waals surface area contributed by atoms with Crippen LogP contribution in [-0.2, 0) is 78.6 Å². The zero-order valence-corrected chi connectivity index (χ0v) is 32.6. The van der Waals surface area contributed by atoms with E-state index in [2.05, 4.69) is 13.8 Å². The fourth-order valence-corrected chi connectivity index (χ4v) is 2.14. The average molecular weight is 833 g/mol. The van der Waals surface area contributed by atoms with Crippen LogP contribution in [0, 0.1) is 5.92 Å². The number of hydrogen-bond donors (Lipinski definition) is 1. The van der Waals surface area contributed by atoms with Gasteiger partial charge in [-0.25, -0.2) is 0 Å². The van der Waals surface area contributed by atoms with E-state index < -0.39 is 74.3 Å². The molecule has 1 unspecified atom stereocenters. The first-order valence-corrected chi connectivity index (χ1v) is 14.9. The van der Waals surface area contributed by atoms with E-state index in [1.807, 2.05) is 0 Å². The molecular formula is C32H48MoO19. The Morgan fingerprint density at radius 3 is 0.654 bits per heavy atom. The number of unbranched alkanes of at least 4 members (excludes halogenated alkanes) is 1. The summed E-state index contributed by atoms with van der Waals surface area (Å²) in [5, 5.41) is 65.6. The Labute approximate surface area is 316 Å². The van der Waals surface area contributed by atoms with Crippen molar-refractivity contribution in [2.45, 2.75) is 120 Å². The molecule has 1 atom stereocenters. The first-order chi connectivity index (χ1) is 23.1. The number of carbonyl (C=O) groups is 12. The van der Waals surface area contributed by atoms with Crippen LogP contribution in [0.3, 0.4) is 0 Å². The van der Waals surface area contributed by atoms with Crippen LogP contribution >= 0.6 is 0 Å². The van der Waals surface area contributed by atoms with Crippen LogP contribution in [0.25, 0.3) is 0 Å². The third-order valence-electron chi connectivity index (χ3n) is 4.16. The van der Waals surface area contributed by atoms with E-state index in [1.54, 1.807) is 0 Å². The molecule has 0 rings (SSSR count). The molecule has 0 aromatic heterocycles. The summed E-state index contributed by atoms with van der Waals surface area (Å²) in [6.07, 6.45) is 2.00. The van der Waals surface area contributed by atoms with Crippen molar-refractivity contribution in [1.29, 1.82) is 0 Å². The van der Waals surface area contributed by atoms with Crippen LogP contribution in [0.15, 0.2) is 0 Å². The Morgan fingerprint density at radius 2 is 0.596 bits per heavy atom. The minimum absolute atomic E-state index is 0. The van der Waals surface area contributed by atoms with E-state index in [9.17, 15) is 88.2 Å². The molecule has 0 aromatic carbocycles. The minimum Gasteiger partial charge on any atom is -0.550 e. The molecule has 19 nitrogen and oxygen atoms in total.